The number of ether oxygens (including phenoxy) is 1. The van der Waals surface area contributed by atoms with Gasteiger partial charge in [-0.3, -0.25) is 0 Å². The summed E-state index contributed by atoms with van der Waals surface area (Å²) in [6, 6.07) is 16.8. The zero-order valence-electron chi connectivity index (χ0n) is 16.3. The minimum atomic E-state index is 0.300. The average molecular weight is 422 g/mol. The molecule has 0 radical (unpaired) electrons. The molecule has 0 N–H and O–H groups in total. The van der Waals surface area contributed by atoms with Gasteiger partial charge in [-0.2, -0.15) is 4.98 Å². The fourth-order valence-electron chi connectivity index (χ4n) is 4.08. The molecule has 4 aromatic rings. The number of aromatic nitrogens is 2. The molecule has 6 heteroatoms. The van der Waals surface area contributed by atoms with Gasteiger partial charge < -0.3 is 9.64 Å². The smallest absolute Gasteiger partial charge is 0.225 e. The van der Waals surface area contributed by atoms with Crippen LogP contribution in [0.2, 0.25) is 5.28 Å². The van der Waals surface area contributed by atoms with Crippen LogP contribution in [0.4, 0.5) is 5.82 Å². The molecule has 29 heavy (non-hydrogen) atoms. The maximum atomic E-state index is 6.33. The van der Waals surface area contributed by atoms with E-state index in [1.807, 2.05) is 12.1 Å². The summed E-state index contributed by atoms with van der Waals surface area (Å²) in [5, 5.41) is 1.38. The van der Waals surface area contributed by atoms with Crippen molar-refractivity contribution in [3.63, 3.8) is 0 Å². The Hall–Kier alpha value is -2.63. The van der Waals surface area contributed by atoms with Crippen molar-refractivity contribution in [1.82, 2.24) is 9.97 Å². The Bertz CT molecular complexity index is 1200. The number of hydrogen-bond donors (Lipinski definition) is 0. The molecule has 1 aliphatic rings. The number of halogens is 1. The van der Waals surface area contributed by atoms with Crippen molar-refractivity contribution < 1.29 is 4.74 Å². The Morgan fingerprint density at radius 2 is 1.79 bits per heavy atom. The largest absolute Gasteiger partial charge is 0.497 e. The second-order valence-corrected chi connectivity index (χ2v) is 8.74. The molecule has 2 aromatic carbocycles. The number of methoxy groups -OCH3 is 1. The lowest BCUT2D eigenvalue weighted by Gasteiger charge is -2.30. The second kappa shape index (κ2) is 7.32. The summed E-state index contributed by atoms with van der Waals surface area (Å²) in [4.78, 5) is 13.7. The monoisotopic (exact) mass is 421 g/mol. The number of hydrogen-bond acceptors (Lipinski definition) is 5. The molecule has 0 amide bonds. The summed E-state index contributed by atoms with van der Waals surface area (Å²) in [6.45, 7) is 3.88. The highest BCUT2D eigenvalue weighted by Gasteiger charge is 2.24. The van der Waals surface area contributed by atoms with Crippen LogP contribution in [0.5, 0.6) is 5.75 Å². The maximum absolute atomic E-state index is 6.33. The standard InChI is InChI=1S/C23H20ClN3OS/c1-14-19(16-7-9-18(28-2)10-8-16)20-21(25-23(24)26-22(20)29-14)27-12-11-15-5-3-4-6-17(15)13-27/h3-10H,11-13H2,1-2H3. The fraction of sp³-hybridized carbons (Fsp3) is 0.217. The molecule has 146 valence electrons. The normalized spacial score (nSPS) is 13.6. The Morgan fingerprint density at radius 1 is 1.03 bits per heavy atom. The molecule has 4 nitrogen and oxygen atoms in total. The number of anilines is 1. The minimum Gasteiger partial charge on any atom is -0.497 e. The van der Waals surface area contributed by atoms with Crippen molar-refractivity contribution in [1.29, 1.82) is 0 Å². The molecule has 0 atom stereocenters. The van der Waals surface area contributed by atoms with Gasteiger partial charge in [0.1, 0.15) is 16.4 Å². The Kier molecular flexibility index (Phi) is 4.64. The first-order valence-electron chi connectivity index (χ1n) is 9.57. The third-order valence-corrected chi connectivity index (χ3v) is 6.66. The third kappa shape index (κ3) is 3.24. The zero-order valence-corrected chi connectivity index (χ0v) is 17.8. The Balaban J connectivity index is 1.67. The Morgan fingerprint density at radius 3 is 2.55 bits per heavy atom. The van der Waals surface area contributed by atoms with Crippen molar-refractivity contribution in [2.24, 2.45) is 0 Å². The van der Waals surface area contributed by atoms with Crippen LogP contribution >= 0.6 is 22.9 Å². The van der Waals surface area contributed by atoms with Gasteiger partial charge in [-0.05, 0) is 53.8 Å². The topological polar surface area (TPSA) is 38.3 Å². The molecule has 1 aliphatic heterocycles. The van der Waals surface area contributed by atoms with E-state index in [0.29, 0.717) is 5.28 Å². The molecule has 0 bridgehead atoms. The number of benzene rings is 2. The van der Waals surface area contributed by atoms with Gasteiger partial charge in [0.2, 0.25) is 5.28 Å². The van der Waals surface area contributed by atoms with Crippen molar-refractivity contribution in [2.45, 2.75) is 19.9 Å². The van der Waals surface area contributed by atoms with Crippen molar-refractivity contribution >= 4 is 39.0 Å². The van der Waals surface area contributed by atoms with Gasteiger partial charge in [0, 0.05) is 23.5 Å². The van der Waals surface area contributed by atoms with Gasteiger partial charge in [0.25, 0.3) is 0 Å². The van der Waals surface area contributed by atoms with E-state index in [-0.39, 0.29) is 0 Å². The van der Waals surface area contributed by atoms with Crippen LogP contribution < -0.4 is 9.64 Å². The SMILES string of the molecule is COc1ccc(-c2c(C)sc3nc(Cl)nc(N4CCc5ccccc5C4)c23)cc1. The summed E-state index contributed by atoms with van der Waals surface area (Å²) < 4.78 is 5.32. The molecule has 0 saturated carbocycles. The van der Waals surface area contributed by atoms with Gasteiger partial charge in [0.15, 0.2) is 0 Å². The lowest BCUT2D eigenvalue weighted by Crippen LogP contribution is -2.31. The van der Waals surface area contributed by atoms with E-state index >= 15 is 0 Å². The Labute approximate surface area is 178 Å². The lowest BCUT2D eigenvalue weighted by molar-refractivity contribution is 0.415. The van der Waals surface area contributed by atoms with Gasteiger partial charge in [-0.25, -0.2) is 4.98 Å². The molecule has 0 fully saturated rings. The predicted octanol–water partition coefficient (Wildman–Crippen LogP) is 5.89. The van der Waals surface area contributed by atoms with E-state index in [1.165, 1.54) is 21.6 Å². The van der Waals surface area contributed by atoms with E-state index in [9.17, 15) is 0 Å². The zero-order chi connectivity index (χ0) is 20.0. The van der Waals surface area contributed by atoms with E-state index in [1.54, 1.807) is 18.4 Å². The number of aryl methyl sites for hydroxylation is 1. The predicted molar refractivity (Wildman–Crippen MR) is 120 cm³/mol. The molecule has 3 heterocycles. The molecule has 2 aromatic heterocycles. The third-order valence-electron chi connectivity index (χ3n) is 5.49. The maximum Gasteiger partial charge on any atom is 0.225 e. The highest BCUT2D eigenvalue weighted by Crippen LogP contribution is 2.43. The summed E-state index contributed by atoms with van der Waals surface area (Å²) >= 11 is 8.00. The molecule has 0 saturated heterocycles. The first-order valence-corrected chi connectivity index (χ1v) is 10.8. The summed E-state index contributed by atoms with van der Waals surface area (Å²) in [5.74, 6) is 1.77. The van der Waals surface area contributed by atoms with Gasteiger partial charge in [0.05, 0.1) is 12.5 Å². The molecule has 0 spiro atoms. The highest BCUT2D eigenvalue weighted by molar-refractivity contribution is 7.19. The van der Waals surface area contributed by atoms with Crippen LogP contribution in [0, 0.1) is 6.92 Å². The fourth-order valence-corrected chi connectivity index (χ4v) is 5.33. The minimum absolute atomic E-state index is 0.300. The van der Waals surface area contributed by atoms with Crippen LogP contribution in [-0.4, -0.2) is 23.6 Å². The van der Waals surface area contributed by atoms with E-state index in [2.05, 4.69) is 53.2 Å². The molecular formula is C23H20ClN3OS. The van der Waals surface area contributed by atoms with Gasteiger partial charge in [-0.15, -0.1) is 11.3 Å². The highest BCUT2D eigenvalue weighted by atomic mass is 35.5. The summed E-state index contributed by atoms with van der Waals surface area (Å²) in [6.07, 6.45) is 1.00. The van der Waals surface area contributed by atoms with E-state index in [0.717, 1.165) is 46.9 Å². The summed E-state index contributed by atoms with van der Waals surface area (Å²) in [5.41, 5.74) is 5.08. The van der Waals surface area contributed by atoms with Crippen molar-refractivity contribution in [3.05, 3.63) is 69.8 Å². The van der Waals surface area contributed by atoms with Crippen LogP contribution in [-0.2, 0) is 13.0 Å². The van der Waals surface area contributed by atoms with Crippen LogP contribution in [0.1, 0.15) is 16.0 Å². The number of thiophene rings is 1. The van der Waals surface area contributed by atoms with Crippen LogP contribution in [0.3, 0.4) is 0 Å². The van der Waals surface area contributed by atoms with E-state index < -0.39 is 0 Å². The lowest BCUT2D eigenvalue weighted by atomic mass is 9.99. The van der Waals surface area contributed by atoms with Gasteiger partial charge in [-0.1, -0.05) is 36.4 Å². The van der Waals surface area contributed by atoms with Crippen LogP contribution in [0.25, 0.3) is 21.3 Å². The molecule has 0 unspecified atom stereocenters. The second-order valence-electron chi connectivity index (χ2n) is 7.20. The number of fused-ring (bicyclic) bond motifs is 2. The van der Waals surface area contributed by atoms with E-state index in [4.69, 9.17) is 21.3 Å². The first-order chi connectivity index (χ1) is 14.1. The molecule has 0 aliphatic carbocycles. The van der Waals surface area contributed by atoms with Crippen molar-refractivity contribution in [2.75, 3.05) is 18.6 Å². The van der Waals surface area contributed by atoms with Crippen LogP contribution in [0.15, 0.2) is 48.5 Å². The molecule has 5 rings (SSSR count). The van der Waals surface area contributed by atoms with Gasteiger partial charge >= 0.3 is 0 Å². The quantitative estimate of drug-likeness (QED) is 0.386. The average Bonchev–Trinajstić information content (AvgIpc) is 3.08. The molecular weight excluding hydrogens is 402 g/mol. The van der Waals surface area contributed by atoms with Crippen molar-refractivity contribution in [3.8, 4) is 16.9 Å². The number of nitrogens with zero attached hydrogens (tertiary/aromatic N) is 3. The number of rotatable bonds is 3. The first kappa shape index (κ1) is 18.4. The summed E-state index contributed by atoms with van der Waals surface area (Å²) in [7, 11) is 1.68.